The smallest absolute Gasteiger partial charge is 0.131 e. The first-order valence-electron chi connectivity index (χ1n) is 8.30. The van der Waals surface area contributed by atoms with Crippen molar-refractivity contribution in [1.82, 2.24) is 0 Å². The average Bonchev–Trinajstić information content (AvgIpc) is 2.55. The standard InChI is InChI=1S/C20H24FN/c1-14(10-11-22)16-8-9-20(21)19(13-16)18-7-6-15-4-2-3-5-17(15)12-18/h6-9,12-14H,2-5,10-11,22H2,1H3. The molecule has 1 nitrogen and oxygen atoms in total. The Labute approximate surface area is 132 Å². The van der Waals surface area contributed by atoms with Crippen LogP contribution in [0.2, 0.25) is 0 Å². The minimum Gasteiger partial charge on any atom is -0.330 e. The molecule has 0 spiro atoms. The lowest BCUT2D eigenvalue weighted by Crippen LogP contribution is -2.05. The van der Waals surface area contributed by atoms with Crippen molar-refractivity contribution in [2.75, 3.05) is 6.54 Å². The number of hydrogen-bond acceptors (Lipinski definition) is 1. The Balaban J connectivity index is 1.98. The van der Waals surface area contributed by atoms with E-state index in [1.54, 1.807) is 6.07 Å². The van der Waals surface area contributed by atoms with Crippen LogP contribution >= 0.6 is 0 Å². The van der Waals surface area contributed by atoms with Crippen molar-refractivity contribution in [2.45, 2.75) is 44.9 Å². The maximum Gasteiger partial charge on any atom is 0.131 e. The van der Waals surface area contributed by atoms with Crippen LogP contribution in [0.15, 0.2) is 36.4 Å². The molecule has 2 N–H and O–H groups in total. The van der Waals surface area contributed by atoms with Gasteiger partial charge in [-0.3, -0.25) is 0 Å². The average molecular weight is 297 g/mol. The fourth-order valence-corrected chi connectivity index (χ4v) is 3.39. The molecule has 0 saturated carbocycles. The Morgan fingerprint density at radius 1 is 1.05 bits per heavy atom. The van der Waals surface area contributed by atoms with Crippen LogP contribution in [0.5, 0.6) is 0 Å². The molecule has 0 heterocycles. The van der Waals surface area contributed by atoms with E-state index in [1.165, 1.54) is 29.5 Å². The third-order valence-corrected chi connectivity index (χ3v) is 4.82. The molecule has 2 aromatic rings. The van der Waals surface area contributed by atoms with E-state index in [1.807, 2.05) is 12.1 Å². The fraction of sp³-hybridized carbons (Fsp3) is 0.400. The maximum atomic E-state index is 14.3. The fourth-order valence-electron chi connectivity index (χ4n) is 3.39. The quantitative estimate of drug-likeness (QED) is 0.860. The van der Waals surface area contributed by atoms with Gasteiger partial charge in [-0.1, -0.05) is 31.2 Å². The number of rotatable bonds is 4. The molecule has 1 atom stereocenters. The van der Waals surface area contributed by atoms with Crippen molar-refractivity contribution < 1.29 is 4.39 Å². The van der Waals surface area contributed by atoms with E-state index in [4.69, 9.17) is 5.73 Å². The minimum absolute atomic E-state index is 0.139. The first kappa shape index (κ1) is 15.2. The third-order valence-electron chi connectivity index (χ3n) is 4.82. The molecular formula is C20H24FN. The summed E-state index contributed by atoms with van der Waals surface area (Å²) in [5.41, 5.74) is 11.4. The first-order valence-corrected chi connectivity index (χ1v) is 8.30. The van der Waals surface area contributed by atoms with Gasteiger partial charge in [0.15, 0.2) is 0 Å². The zero-order valence-electron chi connectivity index (χ0n) is 13.2. The lowest BCUT2D eigenvalue weighted by Gasteiger charge is -2.18. The second-order valence-electron chi connectivity index (χ2n) is 6.41. The normalized spacial score (nSPS) is 15.4. The number of aryl methyl sites for hydroxylation is 2. The van der Waals surface area contributed by atoms with Crippen LogP contribution < -0.4 is 5.73 Å². The molecule has 0 aromatic heterocycles. The molecule has 1 unspecified atom stereocenters. The van der Waals surface area contributed by atoms with Gasteiger partial charge in [0.05, 0.1) is 0 Å². The van der Waals surface area contributed by atoms with Crippen LogP contribution in [0, 0.1) is 5.82 Å². The van der Waals surface area contributed by atoms with Gasteiger partial charge in [0, 0.05) is 5.56 Å². The van der Waals surface area contributed by atoms with Gasteiger partial charge in [-0.2, -0.15) is 0 Å². The molecule has 0 amide bonds. The zero-order chi connectivity index (χ0) is 15.5. The number of hydrogen-bond donors (Lipinski definition) is 1. The van der Waals surface area contributed by atoms with Gasteiger partial charge in [-0.05, 0) is 79.0 Å². The Hall–Kier alpha value is -1.67. The van der Waals surface area contributed by atoms with Crippen LogP contribution in [0.4, 0.5) is 4.39 Å². The summed E-state index contributed by atoms with van der Waals surface area (Å²) < 4.78 is 14.3. The van der Waals surface area contributed by atoms with Crippen LogP contribution in [-0.2, 0) is 12.8 Å². The predicted molar refractivity (Wildman–Crippen MR) is 90.6 cm³/mol. The summed E-state index contributed by atoms with van der Waals surface area (Å²) in [4.78, 5) is 0. The van der Waals surface area contributed by atoms with Crippen molar-refractivity contribution >= 4 is 0 Å². The van der Waals surface area contributed by atoms with Gasteiger partial charge < -0.3 is 5.73 Å². The largest absolute Gasteiger partial charge is 0.330 e. The van der Waals surface area contributed by atoms with Crippen molar-refractivity contribution in [3.63, 3.8) is 0 Å². The highest BCUT2D eigenvalue weighted by molar-refractivity contribution is 5.66. The van der Waals surface area contributed by atoms with E-state index in [9.17, 15) is 4.39 Å². The highest BCUT2D eigenvalue weighted by Gasteiger charge is 2.14. The monoisotopic (exact) mass is 297 g/mol. The van der Waals surface area contributed by atoms with Gasteiger partial charge in [0.1, 0.15) is 5.82 Å². The van der Waals surface area contributed by atoms with Crippen LogP contribution in [0.25, 0.3) is 11.1 Å². The highest BCUT2D eigenvalue weighted by atomic mass is 19.1. The molecule has 1 aliphatic carbocycles. The van der Waals surface area contributed by atoms with E-state index < -0.39 is 0 Å². The number of halogens is 1. The van der Waals surface area contributed by atoms with E-state index >= 15 is 0 Å². The van der Waals surface area contributed by atoms with Gasteiger partial charge in [-0.25, -0.2) is 4.39 Å². The molecule has 0 fully saturated rings. The van der Waals surface area contributed by atoms with Crippen molar-refractivity contribution in [2.24, 2.45) is 5.73 Å². The first-order chi connectivity index (χ1) is 10.7. The topological polar surface area (TPSA) is 26.0 Å². The van der Waals surface area contributed by atoms with Crippen molar-refractivity contribution in [3.05, 3.63) is 58.9 Å². The van der Waals surface area contributed by atoms with E-state index in [0.717, 1.165) is 30.4 Å². The lowest BCUT2D eigenvalue weighted by molar-refractivity contribution is 0.627. The summed E-state index contributed by atoms with van der Waals surface area (Å²) in [5, 5.41) is 0. The molecule has 116 valence electrons. The summed E-state index contributed by atoms with van der Waals surface area (Å²) in [6.07, 6.45) is 5.72. The zero-order valence-corrected chi connectivity index (χ0v) is 13.2. The van der Waals surface area contributed by atoms with Crippen molar-refractivity contribution in [1.29, 1.82) is 0 Å². The SMILES string of the molecule is CC(CCN)c1ccc(F)c(-c2ccc3c(c2)CCCC3)c1. The Morgan fingerprint density at radius 2 is 1.82 bits per heavy atom. The number of nitrogens with two attached hydrogens (primary N) is 1. The molecule has 0 saturated heterocycles. The van der Waals surface area contributed by atoms with E-state index in [-0.39, 0.29) is 5.82 Å². The van der Waals surface area contributed by atoms with Crippen LogP contribution in [0.3, 0.4) is 0 Å². The summed E-state index contributed by atoms with van der Waals surface area (Å²) in [6.45, 7) is 2.81. The van der Waals surface area contributed by atoms with Gasteiger partial charge in [0.2, 0.25) is 0 Å². The second-order valence-corrected chi connectivity index (χ2v) is 6.41. The Kier molecular flexibility index (Phi) is 4.58. The van der Waals surface area contributed by atoms with Crippen LogP contribution in [-0.4, -0.2) is 6.54 Å². The maximum absolute atomic E-state index is 14.3. The van der Waals surface area contributed by atoms with Gasteiger partial charge in [0.25, 0.3) is 0 Å². The molecular weight excluding hydrogens is 273 g/mol. The molecule has 0 aliphatic heterocycles. The summed E-state index contributed by atoms with van der Waals surface area (Å²) in [5.74, 6) is 0.224. The Bertz CT molecular complexity index is 663. The van der Waals surface area contributed by atoms with Gasteiger partial charge in [-0.15, -0.1) is 0 Å². The number of fused-ring (bicyclic) bond motifs is 1. The molecule has 3 rings (SSSR count). The second kappa shape index (κ2) is 6.62. The Morgan fingerprint density at radius 3 is 2.59 bits per heavy atom. The molecule has 22 heavy (non-hydrogen) atoms. The summed E-state index contributed by atoms with van der Waals surface area (Å²) in [7, 11) is 0. The molecule has 0 bridgehead atoms. The molecule has 0 radical (unpaired) electrons. The minimum atomic E-state index is -0.139. The van der Waals surface area contributed by atoms with E-state index in [2.05, 4.69) is 25.1 Å². The highest BCUT2D eigenvalue weighted by Crippen LogP contribution is 2.31. The lowest BCUT2D eigenvalue weighted by atomic mass is 9.88. The third kappa shape index (κ3) is 3.07. The number of benzene rings is 2. The van der Waals surface area contributed by atoms with Crippen LogP contribution in [0.1, 0.15) is 48.8 Å². The van der Waals surface area contributed by atoms with Crippen molar-refractivity contribution in [3.8, 4) is 11.1 Å². The van der Waals surface area contributed by atoms with Gasteiger partial charge >= 0.3 is 0 Å². The molecule has 2 heteroatoms. The molecule has 1 aliphatic rings. The van der Waals surface area contributed by atoms with E-state index in [0.29, 0.717) is 12.5 Å². The summed E-state index contributed by atoms with van der Waals surface area (Å²) in [6, 6.07) is 11.9. The predicted octanol–water partition coefficient (Wildman–Crippen LogP) is 4.82. The summed E-state index contributed by atoms with van der Waals surface area (Å²) >= 11 is 0. The molecule has 2 aromatic carbocycles.